The van der Waals surface area contributed by atoms with Crippen molar-refractivity contribution in [3.63, 3.8) is 0 Å². The Morgan fingerprint density at radius 1 is 1.37 bits per heavy atom. The minimum atomic E-state index is -4.26. The van der Waals surface area contributed by atoms with Crippen LogP contribution in [0.4, 0.5) is 0 Å². The maximum absolute atomic E-state index is 13.7. The molecule has 3 N–H and O–H groups in total. The highest BCUT2D eigenvalue weighted by molar-refractivity contribution is 7.52. The molecule has 1 unspecified atom stereocenters. The van der Waals surface area contributed by atoms with Gasteiger partial charge in [-0.1, -0.05) is 30.7 Å². The molecule has 1 fully saturated rings. The molecule has 1 saturated heterocycles. The lowest BCUT2D eigenvalue weighted by Crippen LogP contribution is -2.53. The second-order valence-corrected chi connectivity index (χ2v) is 10.5. The highest BCUT2D eigenvalue weighted by Gasteiger charge is 2.57. The summed E-state index contributed by atoms with van der Waals surface area (Å²) in [5.41, 5.74) is -2.21. The van der Waals surface area contributed by atoms with Crippen LogP contribution in [-0.2, 0) is 28.1 Å². The van der Waals surface area contributed by atoms with Crippen LogP contribution >= 0.6 is 7.75 Å². The number of methoxy groups -OCH3 is 1. The normalized spacial score (nSPS) is 27.3. The largest absolute Gasteiger partial charge is 0.481 e. The summed E-state index contributed by atoms with van der Waals surface area (Å²) in [6.45, 7) is 8.06. The number of carbonyl (C=O) groups is 1. The molecule has 2 aliphatic heterocycles. The molecule has 2 aliphatic rings. The summed E-state index contributed by atoms with van der Waals surface area (Å²) >= 11 is 0. The molecule has 3 rings (SSSR count). The van der Waals surface area contributed by atoms with E-state index < -0.39 is 56.5 Å². The van der Waals surface area contributed by atoms with Crippen LogP contribution in [0.1, 0.15) is 20.8 Å². The third-order valence-electron chi connectivity index (χ3n) is 5.53. The molecule has 6 atom stereocenters. The number of aliphatic hydroxyl groups is 2. The number of carbonyl (C=O) groups excluding carboxylic acids is 1. The highest BCUT2D eigenvalue weighted by Crippen LogP contribution is 2.46. The number of nitrogens with one attached hydrogen (secondary N) is 1. The number of esters is 1. The van der Waals surface area contributed by atoms with Crippen LogP contribution in [-0.4, -0.2) is 76.9 Å². The molecular formula is C25H32N3O9P. The third kappa shape index (κ3) is 6.63. The van der Waals surface area contributed by atoms with E-state index in [4.69, 9.17) is 29.7 Å². The number of terminal acetylenes is 1. The molecule has 206 valence electrons. The summed E-state index contributed by atoms with van der Waals surface area (Å²) in [6.07, 6.45) is 3.90. The van der Waals surface area contributed by atoms with Crippen molar-refractivity contribution in [2.75, 3.05) is 13.7 Å². The molecule has 2 heterocycles. The van der Waals surface area contributed by atoms with Crippen molar-refractivity contribution >= 4 is 19.6 Å². The van der Waals surface area contributed by atoms with Crippen LogP contribution in [0.15, 0.2) is 60.0 Å². The van der Waals surface area contributed by atoms with Gasteiger partial charge in [0.25, 0.3) is 0 Å². The van der Waals surface area contributed by atoms with Gasteiger partial charge in [0.05, 0.1) is 19.8 Å². The van der Waals surface area contributed by atoms with E-state index in [0.29, 0.717) is 0 Å². The molecule has 0 aromatic heterocycles. The lowest BCUT2D eigenvalue weighted by molar-refractivity contribution is -0.149. The summed E-state index contributed by atoms with van der Waals surface area (Å²) in [6, 6.07) is 7.08. The van der Waals surface area contributed by atoms with Gasteiger partial charge in [0.2, 0.25) is 5.90 Å². The zero-order chi connectivity index (χ0) is 28.1. The standard InChI is InChI=1S/C25H32N3O9P/c1-7-25(31)22(29)20(36-24(25)28-14-13-21(33-6)26-18(28)5)15-34-38(32,37-19-11-9-8-10-12-19)27-17(4)23(30)35-16(2)3/h1,8-14,16-17,20,22,24,29,31H,5,15H2,2-4,6H3,(H,27,32)/t17-,20+,22+,24+,25+,38?/m0/s1. The smallest absolute Gasteiger partial charge is 0.459 e. The van der Waals surface area contributed by atoms with Crippen molar-refractivity contribution in [1.82, 2.24) is 9.99 Å². The van der Waals surface area contributed by atoms with Crippen molar-refractivity contribution in [3.05, 3.63) is 55.0 Å². The summed E-state index contributed by atoms with van der Waals surface area (Å²) < 4.78 is 41.0. The monoisotopic (exact) mass is 549 g/mol. The zero-order valence-corrected chi connectivity index (χ0v) is 22.4. The van der Waals surface area contributed by atoms with Crippen molar-refractivity contribution in [3.8, 4) is 18.1 Å². The predicted octanol–water partition coefficient (Wildman–Crippen LogP) is 1.92. The van der Waals surface area contributed by atoms with E-state index in [1.807, 2.05) is 0 Å². The molecule has 0 aliphatic carbocycles. The maximum Gasteiger partial charge on any atom is 0.459 e. The average Bonchev–Trinajstić information content (AvgIpc) is 3.13. The van der Waals surface area contributed by atoms with E-state index >= 15 is 0 Å². The van der Waals surface area contributed by atoms with E-state index in [1.54, 1.807) is 44.2 Å². The minimum Gasteiger partial charge on any atom is -0.481 e. The van der Waals surface area contributed by atoms with E-state index in [-0.39, 0.29) is 17.5 Å². The van der Waals surface area contributed by atoms with E-state index in [1.165, 1.54) is 31.2 Å². The van der Waals surface area contributed by atoms with Gasteiger partial charge in [0.1, 0.15) is 29.8 Å². The van der Waals surface area contributed by atoms with Gasteiger partial charge in [-0.2, -0.15) is 10.1 Å². The number of rotatable bonds is 10. The molecule has 1 aromatic rings. The Balaban J connectivity index is 1.79. The van der Waals surface area contributed by atoms with Crippen LogP contribution in [0.2, 0.25) is 0 Å². The number of benzene rings is 1. The van der Waals surface area contributed by atoms with Crippen molar-refractivity contribution < 1.29 is 42.8 Å². The fourth-order valence-electron chi connectivity index (χ4n) is 3.62. The van der Waals surface area contributed by atoms with E-state index in [0.717, 1.165) is 0 Å². The van der Waals surface area contributed by atoms with Crippen LogP contribution < -0.4 is 9.61 Å². The van der Waals surface area contributed by atoms with Crippen molar-refractivity contribution in [2.45, 2.75) is 57.0 Å². The Hall–Kier alpha value is -3.17. The van der Waals surface area contributed by atoms with Gasteiger partial charge in [-0.3, -0.25) is 9.32 Å². The lowest BCUT2D eigenvalue weighted by Gasteiger charge is -2.34. The Kier molecular flexibility index (Phi) is 9.38. The van der Waals surface area contributed by atoms with Gasteiger partial charge in [-0.05, 0) is 32.9 Å². The first-order valence-electron chi connectivity index (χ1n) is 11.7. The molecule has 0 saturated carbocycles. The number of hydrogen-bond acceptors (Lipinski definition) is 11. The minimum absolute atomic E-state index is 0.133. The topological polar surface area (TPSA) is 148 Å². The number of aliphatic imine (C=N–C) groups is 1. The van der Waals surface area contributed by atoms with Gasteiger partial charge in [-0.15, -0.1) is 6.42 Å². The van der Waals surface area contributed by atoms with Crippen LogP contribution in [0, 0.1) is 12.3 Å². The maximum atomic E-state index is 13.7. The summed E-state index contributed by atoms with van der Waals surface area (Å²) in [7, 11) is -2.83. The number of hydrogen-bond donors (Lipinski definition) is 3. The Labute approximate surface area is 221 Å². The average molecular weight is 550 g/mol. The van der Waals surface area contributed by atoms with Gasteiger partial charge in [0, 0.05) is 12.3 Å². The quantitative estimate of drug-likeness (QED) is 0.223. The van der Waals surface area contributed by atoms with Crippen molar-refractivity contribution in [2.24, 2.45) is 4.99 Å². The Morgan fingerprint density at radius 3 is 2.63 bits per heavy atom. The molecule has 12 nitrogen and oxygen atoms in total. The fraction of sp³-hybridized carbons (Fsp3) is 0.440. The Bertz CT molecular complexity index is 1170. The van der Waals surface area contributed by atoms with Crippen LogP contribution in [0.3, 0.4) is 0 Å². The number of para-hydroxylation sites is 1. The molecule has 0 amide bonds. The Morgan fingerprint density at radius 2 is 2.05 bits per heavy atom. The first kappa shape index (κ1) is 29.4. The first-order valence-corrected chi connectivity index (χ1v) is 13.3. The molecule has 0 radical (unpaired) electrons. The molecule has 0 bridgehead atoms. The SMILES string of the molecule is C#C[C@@]1(O)[C@H](O)[C@@H](COP(=O)(N[C@@H](C)C(=O)OC(C)C)Oc2ccccc2)O[C@H]1N1C=CC(OC)=NC1=C. The lowest BCUT2D eigenvalue weighted by atomic mass is 9.94. The van der Waals surface area contributed by atoms with Gasteiger partial charge in [0.15, 0.2) is 11.8 Å². The number of aliphatic hydroxyl groups excluding tert-OH is 1. The number of nitrogens with zero attached hydrogens (tertiary/aromatic N) is 2. The molecule has 38 heavy (non-hydrogen) atoms. The van der Waals surface area contributed by atoms with Crippen LogP contribution in [0.25, 0.3) is 0 Å². The van der Waals surface area contributed by atoms with E-state index in [2.05, 4.69) is 22.6 Å². The molecule has 13 heteroatoms. The highest BCUT2D eigenvalue weighted by atomic mass is 31.2. The first-order chi connectivity index (χ1) is 17.9. The van der Waals surface area contributed by atoms with Crippen molar-refractivity contribution in [1.29, 1.82) is 0 Å². The van der Waals surface area contributed by atoms with Crippen LogP contribution in [0.5, 0.6) is 5.75 Å². The van der Waals surface area contributed by atoms with Gasteiger partial charge >= 0.3 is 13.7 Å². The molecule has 1 aromatic carbocycles. The summed E-state index contributed by atoms with van der Waals surface area (Å²) in [4.78, 5) is 17.8. The summed E-state index contributed by atoms with van der Waals surface area (Å²) in [5, 5.41) is 24.5. The second kappa shape index (κ2) is 12.1. The summed E-state index contributed by atoms with van der Waals surface area (Å²) in [5.74, 6) is 2.09. The molecule has 0 spiro atoms. The fourth-order valence-corrected chi connectivity index (χ4v) is 5.13. The zero-order valence-electron chi connectivity index (χ0n) is 21.5. The number of ether oxygens (including phenoxy) is 3. The van der Waals surface area contributed by atoms with Gasteiger partial charge in [-0.25, -0.2) is 4.57 Å². The predicted molar refractivity (Wildman–Crippen MR) is 137 cm³/mol. The second-order valence-electron chi connectivity index (χ2n) is 8.77. The third-order valence-corrected chi connectivity index (χ3v) is 7.17. The van der Waals surface area contributed by atoms with E-state index in [9.17, 15) is 19.6 Å². The van der Waals surface area contributed by atoms with Gasteiger partial charge < -0.3 is 33.8 Å². The molecular weight excluding hydrogens is 517 g/mol.